The molecule has 1 aromatic rings. The maximum absolute atomic E-state index is 12.1. The first kappa shape index (κ1) is 15.9. The molecule has 0 aliphatic carbocycles. The minimum absolute atomic E-state index is 0. The lowest BCUT2D eigenvalue weighted by Crippen LogP contribution is -2.41. The molecule has 1 aliphatic rings. The lowest BCUT2D eigenvalue weighted by Gasteiger charge is -2.15. The highest BCUT2D eigenvalue weighted by molar-refractivity contribution is 5.86. The molecule has 0 saturated heterocycles. The molecule has 0 bridgehead atoms. The summed E-state index contributed by atoms with van der Waals surface area (Å²) in [6, 6.07) is -1.26. The predicted octanol–water partition coefficient (Wildman–Crippen LogP) is -0.964. The van der Waals surface area contributed by atoms with E-state index in [1.807, 2.05) is 0 Å². The van der Waals surface area contributed by atoms with Crippen molar-refractivity contribution in [3.63, 3.8) is 0 Å². The number of halogens is 1. The molecule has 2 atom stereocenters. The Morgan fingerprint density at radius 2 is 2.40 bits per heavy atom. The first-order valence-corrected chi connectivity index (χ1v) is 5.68. The molecule has 4 N–H and O–H groups in total. The molecular weight excluding hydrogens is 282 g/mol. The first-order valence-electron chi connectivity index (χ1n) is 5.68. The van der Waals surface area contributed by atoms with Crippen molar-refractivity contribution in [2.45, 2.75) is 25.0 Å². The van der Waals surface area contributed by atoms with E-state index in [0.717, 1.165) is 11.3 Å². The topological polar surface area (TPSA) is 110 Å². The van der Waals surface area contributed by atoms with Crippen LogP contribution in [0.5, 0.6) is 0 Å². The molecule has 8 heteroatoms. The number of terminal acetylenes is 1. The highest BCUT2D eigenvalue weighted by atomic mass is 35.5. The highest BCUT2D eigenvalue weighted by Crippen LogP contribution is 2.22. The number of aromatic nitrogens is 2. The van der Waals surface area contributed by atoms with Crippen molar-refractivity contribution in [1.82, 2.24) is 20.6 Å². The summed E-state index contributed by atoms with van der Waals surface area (Å²) in [6.45, 7) is 0.493. The van der Waals surface area contributed by atoms with Crippen LogP contribution in [-0.2, 0) is 16.1 Å². The van der Waals surface area contributed by atoms with Gasteiger partial charge in [0.1, 0.15) is 12.4 Å². The van der Waals surface area contributed by atoms with Gasteiger partial charge in [0.05, 0.1) is 18.2 Å². The van der Waals surface area contributed by atoms with Gasteiger partial charge in [0.25, 0.3) is 0 Å². The number of nitrogens with one attached hydrogen (secondary N) is 2. The smallest absolute Gasteiger partial charge is 0.242 e. The zero-order valence-corrected chi connectivity index (χ0v) is 11.3. The fourth-order valence-corrected chi connectivity index (χ4v) is 1.91. The number of nitrogens with two attached hydrogens (primary N) is 1. The van der Waals surface area contributed by atoms with E-state index in [0.29, 0.717) is 6.54 Å². The Bertz CT molecular complexity index is 557. The average molecular weight is 296 g/mol. The molecule has 0 saturated carbocycles. The van der Waals surface area contributed by atoms with Crippen molar-refractivity contribution in [1.29, 1.82) is 0 Å². The minimum atomic E-state index is -0.708. The molecule has 0 fully saturated rings. The lowest BCUT2D eigenvalue weighted by atomic mass is 10.1. The maximum atomic E-state index is 12.1. The number of nitrogens with zero attached hydrogens (tertiary/aromatic N) is 2. The number of rotatable bonds is 4. The van der Waals surface area contributed by atoms with Crippen LogP contribution in [0.15, 0.2) is 12.5 Å². The minimum Gasteiger partial charge on any atom is -0.370 e. The van der Waals surface area contributed by atoms with Crippen LogP contribution in [0.4, 0.5) is 0 Å². The monoisotopic (exact) mass is 295 g/mol. The van der Waals surface area contributed by atoms with Crippen LogP contribution in [0.3, 0.4) is 0 Å². The predicted molar refractivity (Wildman–Crippen MR) is 73.4 cm³/mol. The number of fused-ring (bicyclic) bond motifs is 1. The number of primary amides is 1. The molecule has 2 rings (SSSR count). The highest BCUT2D eigenvalue weighted by Gasteiger charge is 2.30. The van der Waals surface area contributed by atoms with E-state index in [9.17, 15) is 9.59 Å². The van der Waals surface area contributed by atoms with Crippen LogP contribution in [0.2, 0.25) is 0 Å². The van der Waals surface area contributed by atoms with Gasteiger partial charge in [-0.3, -0.25) is 14.9 Å². The number of hydrogen-bond donors (Lipinski definition) is 3. The fraction of sp³-hybridized carbons (Fsp3) is 0.333. The van der Waals surface area contributed by atoms with Gasteiger partial charge in [-0.25, -0.2) is 9.97 Å². The van der Waals surface area contributed by atoms with Crippen LogP contribution < -0.4 is 16.4 Å². The second-order valence-electron chi connectivity index (χ2n) is 4.14. The van der Waals surface area contributed by atoms with Gasteiger partial charge in [-0.2, -0.15) is 0 Å². The van der Waals surface area contributed by atoms with E-state index < -0.39 is 18.0 Å². The summed E-state index contributed by atoms with van der Waals surface area (Å²) in [6.07, 6.45) is 8.17. The summed E-state index contributed by atoms with van der Waals surface area (Å²) in [5, 5.41) is 5.59. The molecule has 0 radical (unpaired) electrons. The van der Waals surface area contributed by atoms with Gasteiger partial charge in [0.2, 0.25) is 11.8 Å². The first-order chi connectivity index (χ1) is 9.11. The van der Waals surface area contributed by atoms with E-state index in [4.69, 9.17) is 12.2 Å². The Balaban J connectivity index is 0.00000200. The SMILES string of the molecule is C#CC(CC(N)=O)NC(=O)C1NCc2ncncc21.Cl. The summed E-state index contributed by atoms with van der Waals surface area (Å²) in [5.41, 5.74) is 6.55. The van der Waals surface area contributed by atoms with Crippen molar-refractivity contribution in [2.75, 3.05) is 0 Å². The number of hydrogen-bond acceptors (Lipinski definition) is 5. The Morgan fingerprint density at radius 1 is 1.65 bits per heavy atom. The van der Waals surface area contributed by atoms with Crippen molar-refractivity contribution >= 4 is 24.2 Å². The standard InChI is InChI=1S/C12H13N5O2.ClH/c1-2-7(3-10(13)18)17-12(19)11-8-4-14-6-16-9(8)5-15-11;/h1,4,6-7,11,15H,3,5H2,(H2,13,18)(H,17,19);1H. The number of carbonyl (C=O) groups excluding carboxylic acids is 2. The summed E-state index contributed by atoms with van der Waals surface area (Å²) in [5.74, 6) is 1.43. The van der Waals surface area contributed by atoms with Crippen LogP contribution in [-0.4, -0.2) is 27.8 Å². The molecule has 20 heavy (non-hydrogen) atoms. The maximum Gasteiger partial charge on any atom is 0.242 e. The van der Waals surface area contributed by atoms with Crippen molar-refractivity contribution in [3.8, 4) is 12.3 Å². The molecule has 1 aliphatic heterocycles. The Hall–Kier alpha value is -2.17. The summed E-state index contributed by atoms with van der Waals surface area (Å²) < 4.78 is 0. The molecule has 2 unspecified atom stereocenters. The normalized spacial score (nSPS) is 17.2. The second kappa shape index (κ2) is 6.84. The van der Waals surface area contributed by atoms with Crippen molar-refractivity contribution in [3.05, 3.63) is 23.8 Å². The van der Waals surface area contributed by atoms with Gasteiger partial charge in [0, 0.05) is 18.3 Å². The van der Waals surface area contributed by atoms with Gasteiger partial charge in [-0.15, -0.1) is 18.8 Å². The molecule has 2 amide bonds. The number of amides is 2. The third-order valence-electron chi connectivity index (χ3n) is 2.80. The molecular formula is C12H14ClN5O2. The largest absolute Gasteiger partial charge is 0.370 e. The molecule has 0 spiro atoms. The summed E-state index contributed by atoms with van der Waals surface area (Å²) in [7, 11) is 0. The molecule has 106 valence electrons. The quantitative estimate of drug-likeness (QED) is 0.620. The van der Waals surface area contributed by atoms with E-state index in [1.165, 1.54) is 6.33 Å². The number of carbonyl (C=O) groups is 2. The molecule has 1 aromatic heterocycles. The van der Waals surface area contributed by atoms with Crippen LogP contribution in [0.1, 0.15) is 23.7 Å². The zero-order chi connectivity index (χ0) is 13.8. The van der Waals surface area contributed by atoms with Crippen molar-refractivity contribution < 1.29 is 9.59 Å². The zero-order valence-electron chi connectivity index (χ0n) is 10.5. The van der Waals surface area contributed by atoms with E-state index in [-0.39, 0.29) is 24.7 Å². The Morgan fingerprint density at radius 3 is 3.05 bits per heavy atom. The lowest BCUT2D eigenvalue weighted by molar-refractivity contribution is -0.123. The van der Waals surface area contributed by atoms with Crippen LogP contribution in [0.25, 0.3) is 0 Å². The molecule has 0 aromatic carbocycles. The third-order valence-corrected chi connectivity index (χ3v) is 2.80. The summed E-state index contributed by atoms with van der Waals surface area (Å²) >= 11 is 0. The van der Waals surface area contributed by atoms with E-state index in [1.54, 1.807) is 6.20 Å². The van der Waals surface area contributed by atoms with Gasteiger partial charge < -0.3 is 11.1 Å². The fourth-order valence-electron chi connectivity index (χ4n) is 1.91. The van der Waals surface area contributed by atoms with Gasteiger partial charge >= 0.3 is 0 Å². The van der Waals surface area contributed by atoms with Gasteiger partial charge in [-0.05, 0) is 0 Å². The average Bonchev–Trinajstić information content (AvgIpc) is 2.81. The Kier molecular flexibility index (Phi) is 5.43. The summed E-state index contributed by atoms with van der Waals surface area (Å²) in [4.78, 5) is 30.9. The van der Waals surface area contributed by atoms with Crippen LogP contribution in [0, 0.1) is 12.3 Å². The van der Waals surface area contributed by atoms with Crippen LogP contribution >= 0.6 is 12.4 Å². The van der Waals surface area contributed by atoms with Gasteiger partial charge in [-0.1, -0.05) is 5.92 Å². The second-order valence-corrected chi connectivity index (χ2v) is 4.14. The molecule has 7 nitrogen and oxygen atoms in total. The Labute approximate surface area is 122 Å². The van der Waals surface area contributed by atoms with E-state index in [2.05, 4.69) is 26.5 Å². The van der Waals surface area contributed by atoms with E-state index >= 15 is 0 Å². The third kappa shape index (κ3) is 3.44. The van der Waals surface area contributed by atoms with Crippen molar-refractivity contribution in [2.24, 2.45) is 5.73 Å². The van der Waals surface area contributed by atoms with Gasteiger partial charge in [0.15, 0.2) is 0 Å². The molecule has 2 heterocycles.